The molecule has 0 fully saturated rings. The first-order valence-corrected chi connectivity index (χ1v) is 6.91. The van der Waals surface area contributed by atoms with Crippen LogP contribution in [0.3, 0.4) is 0 Å². The Labute approximate surface area is 122 Å². The van der Waals surface area contributed by atoms with Crippen molar-refractivity contribution in [1.29, 1.82) is 0 Å². The lowest BCUT2D eigenvalue weighted by atomic mass is 10.0. The van der Waals surface area contributed by atoms with Crippen molar-refractivity contribution in [1.82, 2.24) is 0 Å². The molecule has 0 atom stereocenters. The molecule has 0 unspecified atom stereocenters. The van der Waals surface area contributed by atoms with Gasteiger partial charge in [-0.15, -0.1) is 0 Å². The van der Waals surface area contributed by atoms with Crippen molar-refractivity contribution in [2.24, 2.45) is 0 Å². The maximum atomic E-state index is 12.1. The fourth-order valence-electron chi connectivity index (χ4n) is 1.96. The highest BCUT2D eigenvalue weighted by atomic mass is 79.9. The molecule has 0 aliphatic heterocycles. The molecule has 0 aromatic heterocycles. The number of aryl methyl sites for hydroxylation is 2. The van der Waals surface area contributed by atoms with Crippen LogP contribution in [0.25, 0.3) is 6.08 Å². The van der Waals surface area contributed by atoms with E-state index in [1.54, 1.807) is 6.08 Å². The second-order valence-corrected chi connectivity index (χ2v) is 5.49. The summed E-state index contributed by atoms with van der Waals surface area (Å²) in [6.45, 7) is 3.99. The zero-order chi connectivity index (χ0) is 13.8. The highest BCUT2D eigenvalue weighted by Gasteiger charge is 2.05. The number of benzene rings is 2. The quantitative estimate of drug-likeness (QED) is 0.578. The Morgan fingerprint density at radius 3 is 2.58 bits per heavy atom. The zero-order valence-corrected chi connectivity index (χ0v) is 12.6. The third kappa shape index (κ3) is 3.65. The lowest BCUT2D eigenvalue weighted by Crippen LogP contribution is -1.97. The molecular weight excluding hydrogens is 300 g/mol. The van der Waals surface area contributed by atoms with E-state index in [4.69, 9.17) is 0 Å². The smallest absolute Gasteiger partial charge is 0.186 e. The number of carbonyl (C=O) groups excluding carboxylic acids is 1. The van der Waals surface area contributed by atoms with Gasteiger partial charge in [-0.3, -0.25) is 4.79 Å². The molecule has 0 heterocycles. The van der Waals surface area contributed by atoms with Gasteiger partial charge in [0.05, 0.1) is 0 Å². The minimum atomic E-state index is 0.0393. The fourth-order valence-corrected chi connectivity index (χ4v) is 2.38. The molecule has 2 rings (SSSR count). The highest BCUT2D eigenvalue weighted by Crippen LogP contribution is 2.15. The summed E-state index contributed by atoms with van der Waals surface area (Å²) in [4.78, 5) is 12.1. The summed E-state index contributed by atoms with van der Waals surface area (Å²) < 4.78 is 1.01. The van der Waals surface area contributed by atoms with Crippen molar-refractivity contribution in [3.05, 3.63) is 75.3 Å². The molecule has 2 aromatic rings. The summed E-state index contributed by atoms with van der Waals surface area (Å²) in [6.07, 6.45) is 3.46. The van der Waals surface area contributed by atoms with Gasteiger partial charge in [-0.1, -0.05) is 57.9 Å². The van der Waals surface area contributed by atoms with Crippen molar-refractivity contribution >= 4 is 27.8 Å². The average molecular weight is 315 g/mol. The average Bonchev–Trinajstić information content (AvgIpc) is 2.36. The summed E-state index contributed by atoms with van der Waals surface area (Å²) in [7, 11) is 0. The van der Waals surface area contributed by atoms with Crippen LogP contribution in [0.15, 0.2) is 53.0 Å². The number of ketones is 1. The first-order chi connectivity index (χ1) is 9.06. The summed E-state index contributed by atoms with van der Waals surface area (Å²) >= 11 is 3.41. The van der Waals surface area contributed by atoms with Gasteiger partial charge in [-0.25, -0.2) is 0 Å². The Kier molecular flexibility index (Phi) is 4.33. The van der Waals surface area contributed by atoms with Gasteiger partial charge in [0.15, 0.2) is 5.78 Å². The number of allylic oxidation sites excluding steroid dienone is 1. The molecular formula is C17H15BrO. The van der Waals surface area contributed by atoms with Crippen LogP contribution in [0.1, 0.15) is 27.0 Å². The number of hydrogen-bond donors (Lipinski definition) is 0. The Hall–Kier alpha value is -1.67. The lowest BCUT2D eigenvalue weighted by molar-refractivity contribution is 0.104. The molecule has 0 aliphatic carbocycles. The van der Waals surface area contributed by atoms with Gasteiger partial charge in [0.25, 0.3) is 0 Å². The monoisotopic (exact) mass is 314 g/mol. The van der Waals surface area contributed by atoms with Gasteiger partial charge in [-0.05, 0) is 43.2 Å². The third-order valence-corrected chi connectivity index (χ3v) is 3.42. The number of halogens is 1. The molecule has 0 amide bonds. The van der Waals surface area contributed by atoms with Gasteiger partial charge < -0.3 is 0 Å². The molecule has 19 heavy (non-hydrogen) atoms. The SMILES string of the molecule is Cc1ccc(C(=O)C=Cc2cccc(Br)c2)c(C)c1. The Balaban J connectivity index is 2.21. The van der Waals surface area contributed by atoms with Crippen LogP contribution >= 0.6 is 15.9 Å². The van der Waals surface area contributed by atoms with E-state index in [2.05, 4.69) is 15.9 Å². The van der Waals surface area contributed by atoms with E-state index in [-0.39, 0.29) is 5.78 Å². The highest BCUT2D eigenvalue weighted by molar-refractivity contribution is 9.10. The third-order valence-electron chi connectivity index (χ3n) is 2.92. The van der Waals surface area contributed by atoms with Crippen LogP contribution in [0.5, 0.6) is 0 Å². The predicted octanol–water partition coefficient (Wildman–Crippen LogP) is 4.96. The second kappa shape index (κ2) is 5.98. The topological polar surface area (TPSA) is 17.1 Å². The predicted molar refractivity (Wildman–Crippen MR) is 83.4 cm³/mol. The van der Waals surface area contributed by atoms with E-state index in [0.717, 1.165) is 21.2 Å². The van der Waals surface area contributed by atoms with Crippen molar-refractivity contribution in [3.8, 4) is 0 Å². The minimum Gasteiger partial charge on any atom is -0.289 e. The zero-order valence-electron chi connectivity index (χ0n) is 11.0. The van der Waals surface area contributed by atoms with Crippen LogP contribution in [-0.4, -0.2) is 5.78 Å². The van der Waals surface area contributed by atoms with Crippen molar-refractivity contribution in [2.45, 2.75) is 13.8 Å². The summed E-state index contributed by atoms with van der Waals surface area (Å²) in [5.41, 5.74) is 3.96. The molecule has 1 nitrogen and oxygen atoms in total. The molecule has 2 heteroatoms. The molecule has 0 radical (unpaired) electrons. The molecule has 0 saturated carbocycles. The van der Waals surface area contributed by atoms with Crippen LogP contribution in [0, 0.1) is 13.8 Å². The van der Waals surface area contributed by atoms with Gasteiger partial charge in [0, 0.05) is 10.0 Å². The van der Waals surface area contributed by atoms with Crippen molar-refractivity contribution in [2.75, 3.05) is 0 Å². The standard InChI is InChI=1S/C17H15BrO/c1-12-6-8-16(13(2)10-12)17(19)9-7-14-4-3-5-15(18)11-14/h3-11H,1-2H3. The number of rotatable bonds is 3. The van der Waals surface area contributed by atoms with Gasteiger partial charge in [0.2, 0.25) is 0 Å². The fraction of sp³-hybridized carbons (Fsp3) is 0.118. The summed E-state index contributed by atoms with van der Waals surface area (Å²) in [5.74, 6) is 0.0393. The summed E-state index contributed by atoms with van der Waals surface area (Å²) in [6, 6.07) is 13.7. The van der Waals surface area contributed by atoms with E-state index in [1.165, 1.54) is 5.56 Å². The van der Waals surface area contributed by atoms with Crippen LogP contribution in [0.4, 0.5) is 0 Å². The molecule has 0 bridgehead atoms. The molecule has 96 valence electrons. The normalized spacial score (nSPS) is 10.9. The van der Waals surface area contributed by atoms with E-state index >= 15 is 0 Å². The van der Waals surface area contributed by atoms with Crippen molar-refractivity contribution < 1.29 is 4.79 Å². The molecule has 0 N–H and O–H groups in total. The van der Waals surface area contributed by atoms with Crippen LogP contribution in [-0.2, 0) is 0 Å². The summed E-state index contributed by atoms with van der Waals surface area (Å²) in [5, 5.41) is 0. The first-order valence-electron chi connectivity index (χ1n) is 6.11. The molecule has 0 spiro atoms. The first kappa shape index (κ1) is 13.8. The molecule has 0 saturated heterocycles. The Morgan fingerprint density at radius 2 is 1.89 bits per heavy atom. The van der Waals surface area contributed by atoms with Gasteiger partial charge in [0.1, 0.15) is 0 Å². The van der Waals surface area contributed by atoms with Gasteiger partial charge in [-0.2, -0.15) is 0 Å². The maximum absolute atomic E-state index is 12.1. The van der Waals surface area contributed by atoms with E-state index in [1.807, 2.05) is 62.4 Å². The Morgan fingerprint density at radius 1 is 1.11 bits per heavy atom. The Bertz CT molecular complexity index is 641. The van der Waals surface area contributed by atoms with E-state index in [9.17, 15) is 4.79 Å². The van der Waals surface area contributed by atoms with Crippen molar-refractivity contribution in [3.63, 3.8) is 0 Å². The van der Waals surface area contributed by atoms with Crippen LogP contribution < -0.4 is 0 Å². The minimum absolute atomic E-state index is 0.0393. The van der Waals surface area contributed by atoms with Gasteiger partial charge >= 0.3 is 0 Å². The maximum Gasteiger partial charge on any atom is 0.186 e. The van der Waals surface area contributed by atoms with E-state index < -0.39 is 0 Å². The van der Waals surface area contributed by atoms with E-state index in [0.29, 0.717) is 0 Å². The largest absolute Gasteiger partial charge is 0.289 e. The number of hydrogen-bond acceptors (Lipinski definition) is 1. The lowest BCUT2D eigenvalue weighted by Gasteiger charge is -2.03. The molecule has 0 aliphatic rings. The van der Waals surface area contributed by atoms with Crippen LogP contribution in [0.2, 0.25) is 0 Å². The number of carbonyl (C=O) groups is 1. The second-order valence-electron chi connectivity index (χ2n) is 4.57. The molecule has 2 aromatic carbocycles.